The lowest BCUT2D eigenvalue weighted by Crippen LogP contribution is -2.44. The molecule has 1 heterocycles. The first kappa shape index (κ1) is 19.4. The molecule has 8 heteroatoms. The second-order valence-corrected chi connectivity index (χ2v) is 5.57. The van der Waals surface area contributed by atoms with Crippen molar-refractivity contribution in [1.82, 2.24) is 0 Å². The molecule has 0 radical (unpaired) electrons. The molecule has 26 heavy (non-hydrogen) atoms. The first-order valence-corrected chi connectivity index (χ1v) is 7.67. The lowest BCUT2D eigenvalue weighted by atomic mass is 10.2. The Morgan fingerprint density at radius 2 is 1.77 bits per heavy atom. The molecule has 0 bridgehead atoms. The zero-order chi connectivity index (χ0) is 19.3. The Morgan fingerprint density at radius 1 is 1.12 bits per heavy atom. The first-order valence-electron chi connectivity index (χ1n) is 7.67. The van der Waals surface area contributed by atoms with Crippen molar-refractivity contribution in [3.05, 3.63) is 59.9 Å². The van der Waals surface area contributed by atoms with Gasteiger partial charge in [0, 0.05) is 12.2 Å². The van der Waals surface area contributed by atoms with E-state index in [9.17, 15) is 22.4 Å². The Labute approximate surface area is 147 Å². The van der Waals surface area contributed by atoms with Crippen LogP contribution in [0.3, 0.4) is 0 Å². The third-order valence-corrected chi connectivity index (χ3v) is 3.49. The van der Waals surface area contributed by atoms with Crippen LogP contribution in [-0.2, 0) is 4.79 Å². The molecule has 0 saturated carbocycles. The zero-order valence-electron chi connectivity index (χ0n) is 13.9. The molecule has 2 N–H and O–H groups in total. The van der Waals surface area contributed by atoms with E-state index in [1.807, 2.05) is 13.0 Å². The van der Waals surface area contributed by atoms with Crippen molar-refractivity contribution < 1.29 is 32.5 Å². The number of hydrogen-bond acceptors (Lipinski definition) is 2. The predicted molar refractivity (Wildman–Crippen MR) is 88.2 cm³/mol. The van der Waals surface area contributed by atoms with Gasteiger partial charge in [0.1, 0.15) is 11.6 Å². The number of halogens is 4. The van der Waals surface area contributed by atoms with Gasteiger partial charge in [-0.15, -0.1) is 13.2 Å². The number of ether oxygens (including phenoxy) is 1. The van der Waals surface area contributed by atoms with Gasteiger partial charge in [-0.25, -0.2) is 4.39 Å². The van der Waals surface area contributed by atoms with E-state index in [-0.39, 0.29) is 23.2 Å². The highest BCUT2D eigenvalue weighted by Crippen LogP contribution is 2.26. The minimum Gasteiger partial charge on any atom is -0.406 e. The van der Waals surface area contributed by atoms with Crippen LogP contribution in [-0.4, -0.2) is 24.5 Å². The van der Waals surface area contributed by atoms with Crippen LogP contribution in [0.1, 0.15) is 12.0 Å². The fraction of sp³-hybridized carbons (Fsp3) is 0.222. The van der Waals surface area contributed by atoms with Gasteiger partial charge in [-0.3, -0.25) is 10.2 Å². The van der Waals surface area contributed by atoms with Crippen molar-refractivity contribution >= 4 is 17.3 Å². The molecule has 0 atom stereocenters. The second-order valence-electron chi connectivity index (χ2n) is 5.57. The summed E-state index contributed by atoms with van der Waals surface area (Å²) in [6.07, 6.45) is -4.26. The summed E-state index contributed by atoms with van der Waals surface area (Å²) in [7, 11) is 0. The SMILES string of the molecule is Cc1cccc(F)c1.[NH2+]=C1CCN(c2ccc(OC(F)(F)F)cc2)C1=O. The van der Waals surface area contributed by atoms with Crippen LogP contribution in [0.25, 0.3) is 0 Å². The highest BCUT2D eigenvalue weighted by atomic mass is 19.4. The Kier molecular flexibility index (Phi) is 5.97. The van der Waals surface area contributed by atoms with Crippen molar-refractivity contribution in [2.45, 2.75) is 19.7 Å². The minimum absolute atomic E-state index is 0.162. The number of nitrogens with zero attached hydrogens (tertiary/aromatic N) is 1. The summed E-state index contributed by atoms with van der Waals surface area (Å²) in [4.78, 5) is 13.0. The molecule has 1 amide bonds. The van der Waals surface area contributed by atoms with Gasteiger partial charge in [0.25, 0.3) is 0 Å². The molecule has 1 saturated heterocycles. The topological polar surface area (TPSA) is 55.1 Å². The maximum Gasteiger partial charge on any atom is 0.573 e. The normalized spacial score (nSPS) is 14.1. The Bertz CT molecular complexity index is 771. The molecule has 2 aromatic rings. The van der Waals surface area contributed by atoms with Crippen molar-refractivity contribution in [1.29, 1.82) is 0 Å². The number of amides is 1. The van der Waals surface area contributed by atoms with Crippen molar-refractivity contribution in [3.63, 3.8) is 0 Å². The standard InChI is InChI=1S/C11H9F3N2O2.C7H7F/c12-11(13,14)18-8-3-1-7(2-4-8)16-6-5-9(15)10(16)17;1-6-3-2-4-7(8)5-6/h1-4,15H,5-6H2;2-5H,1H3/p+1. The van der Waals surface area contributed by atoms with E-state index >= 15 is 0 Å². The molecule has 1 aliphatic heterocycles. The number of nitrogens with two attached hydrogens (primary N) is 1. The van der Waals surface area contributed by atoms with Gasteiger partial charge in [-0.05, 0) is 48.9 Å². The molecule has 2 aromatic carbocycles. The monoisotopic (exact) mass is 369 g/mol. The molecule has 1 aliphatic rings. The van der Waals surface area contributed by atoms with Crippen LogP contribution in [0.4, 0.5) is 23.2 Å². The van der Waals surface area contributed by atoms with E-state index in [2.05, 4.69) is 4.74 Å². The van der Waals surface area contributed by atoms with Crippen molar-refractivity contribution in [2.75, 3.05) is 11.4 Å². The fourth-order valence-corrected chi connectivity index (χ4v) is 2.29. The number of carbonyl (C=O) groups is 1. The Balaban J connectivity index is 0.000000254. The minimum atomic E-state index is -4.72. The fourth-order valence-electron chi connectivity index (χ4n) is 2.29. The molecular formula is C18H17F4N2O2+. The summed E-state index contributed by atoms with van der Waals surface area (Å²) in [6, 6.07) is 11.6. The lowest BCUT2D eigenvalue weighted by molar-refractivity contribution is -0.274. The third kappa shape index (κ3) is 5.58. The summed E-state index contributed by atoms with van der Waals surface area (Å²) in [5.74, 6) is -0.792. The average Bonchev–Trinajstić information content (AvgIpc) is 2.87. The summed E-state index contributed by atoms with van der Waals surface area (Å²) >= 11 is 0. The van der Waals surface area contributed by atoms with Crippen molar-refractivity contribution in [2.24, 2.45) is 0 Å². The van der Waals surface area contributed by atoms with E-state index in [4.69, 9.17) is 5.41 Å². The highest BCUT2D eigenvalue weighted by molar-refractivity contribution is 6.43. The van der Waals surface area contributed by atoms with Gasteiger partial charge in [0.2, 0.25) is 5.71 Å². The molecular weight excluding hydrogens is 352 g/mol. The average molecular weight is 369 g/mol. The molecule has 3 rings (SSSR count). The third-order valence-electron chi connectivity index (χ3n) is 3.49. The molecule has 4 nitrogen and oxygen atoms in total. The van der Waals surface area contributed by atoms with Crippen LogP contribution >= 0.6 is 0 Å². The second kappa shape index (κ2) is 7.99. The maximum atomic E-state index is 12.2. The molecule has 0 aliphatic carbocycles. The van der Waals surface area contributed by atoms with Gasteiger partial charge in [0.15, 0.2) is 0 Å². The number of rotatable bonds is 2. The number of alkyl halides is 3. The van der Waals surface area contributed by atoms with E-state index in [0.29, 0.717) is 18.7 Å². The van der Waals surface area contributed by atoms with E-state index in [1.54, 1.807) is 6.07 Å². The number of aryl methyl sites for hydroxylation is 1. The van der Waals surface area contributed by atoms with Gasteiger partial charge < -0.3 is 9.64 Å². The van der Waals surface area contributed by atoms with E-state index < -0.39 is 6.36 Å². The van der Waals surface area contributed by atoms with Crippen molar-refractivity contribution in [3.8, 4) is 5.75 Å². The van der Waals surface area contributed by atoms with Gasteiger partial charge in [-0.1, -0.05) is 12.1 Å². The smallest absolute Gasteiger partial charge is 0.406 e. The van der Waals surface area contributed by atoms with Crippen LogP contribution in [0, 0.1) is 12.7 Å². The molecule has 0 aromatic heterocycles. The lowest BCUT2D eigenvalue weighted by Gasteiger charge is -2.15. The van der Waals surface area contributed by atoms with Gasteiger partial charge in [0.05, 0.1) is 6.42 Å². The summed E-state index contributed by atoms with van der Waals surface area (Å²) < 4.78 is 51.7. The molecule has 138 valence electrons. The number of hydrogen-bond donors (Lipinski definition) is 1. The Morgan fingerprint density at radius 3 is 2.19 bits per heavy atom. The first-order chi connectivity index (χ1) is 12.2. The van der Waals surface area contributed by atoms with Crippen LogP contribution in [0.2, 0.25) is 0 Å². The van der Waals surface area contributed by atoms with Gasteiger partial charge >= 0.3 is 12.3 Å². The number of anilines is 1. The van der Waals surface area contributed by atoms with E-state index in [0.717, 1.165) is 17.7 Å². The highest BCUT2D eigenvalue weighted by Gasteiger charge is 2.33. The largest absolute Gasteiger partial charge is 0.573 e. The summed E-state index contributed by atoms with van der Waals surface area (Å²) in [6.45, 7) is 2.30. The zero-order valence-corrected chi connectivity index (χ0v) is 13.9. The quantitative estimate of drug-likeness (QED) is 0.828. The predicted octanol–water partition coefficient (Wildman–Crippen LogP) is 2.66. The van der Waals surface area contributed by atoms with E-state index in [1.165, 1.54) is 29.2 Å². The van der Waals surface area contributed by atoms with Crippen LogP contribution < -0.4 is 15.0 Å². The van der Waals surface area contributed by atoms with Crippen LogP contribution in [0.5, 0.6) is 5.75 Å². The molecule has 0 spiro atoms. The number of carbonyl (C=O) groups excluding carboxylic acids is 1. The van der Waals surface area contributed by atoms with Gasteiger partial charge in [-0.2, -0.15) is 0 Å². The molecule has 1 fully saturated rings. The Hall–Kier alpha value is -2.90. The summed E-state index contributed by atoms with van der Waals surface area (Å²) in [5, 5.41) is 5.47. The van der Waals surface area contributed by atoms with Crippen LogP contribution in [0.15, 0.2) is 48.5 Å². The summed E-state index contributed by atoms with van der Waals surface area (Å²) in [5.41, 5.74) is 1.71. The maximum absolute atomic E-state index is 12.2. The number of benzene rings is 2. The molecule has 0 unspecified atom stereocenters.